The number of aromatic nitrogens is 2. The first kappa shape index (κ1) is 13.0. The van der Waals surface area contributed by atoms with Crippen molar-refractivity contribution < 1.29 is 9.84 Å². The molecule has 0 amide bonds. The molecule has 3 rings (SSSR count). The smallest absolute Gasteiger partial charge is 0.143 e. The van der Waals surface area contributed by atoms with Crippen LogP contribution in [0.2, 0.25) is 0 Å². The van der Waals surface area contributed by atoms with Crippen molar-refractivity contribution >= 4 is 21.6 Å². The molecule has 102 valence electrons. The summed E-state index contributed by atoms with van der Waals surface area (Å²) in [6.07, 6.45) is 2.41. The Morgan fingerprint density at radius 1 is 1.20 bits per heavy atom. The van der Waals surface area contributed by atoms with E-state index in [4.69, 9.17) is 9.84 Å². The summed E-state index contributed by atoms with van der Waals surface area (Å²) in [6, 6.07) is 11.6. The molecule has 4 nitrogen and oxygen atoms in total. The lowest BCUT2D eigenvalue weighted by Crippen LogP contribution is -1.99. The minimum absolute atomic E-state index is 0.145. The van der Waals surface area contributed by atoms with Crippen LogP contribution in [-0.4, -0.2) is 28.3 Å². The van der Waals surface area contributed by atoms with Crippen molar-refractivity contribution in [2.24, 2.45) is 0 Å². The van der Waals surface area contributed by atoms with E-state index in [0.717, 1.165) is 26.7 Å². The van der Waals surface area contributed by atoms with Gasteiger partial charge >= 0.3 is 0 Å². The molecule has 0 unspecified atom stereocenters. The standard InChI is InChI=1S/C15H14N2O2S/c18-8-3-9-19-11-5-6-12-14(10-11)20-15(17-12)13-4-1-2-7-16-13/h1-2,4-7,10,18H,3,8-9H2. The second-order valence-corrected chi connectivity index (χ2v) is 5.32. The monoisotopic (exact) mass is 286 g/mol. The number of aliphatic hydroxyl groups excluding tert-OH is 1. The second-order valence-electron chi connectivity index (χ2n) is 4.29. The van der Waals surface area contributed by atoms with Gasteiger partial charge in [-0.3, -0.25) is 4.98 Å². The highest BCUT2D eigenvalue weighted by atomic mass is 32.1. The van der Waals surface area contributed by atoms with Crippen LogP contribution in [0.4, 0.5) is 0 Å². The summed E-state index contributed by atoms with van der Waals surface area (Å²) in [5, 5.41) is 9.66. The molecule has 0 saturated heterocycles. The average Bonchev–Trinajstić information content (AvgIpc) is 2.92. The predicted molar refractivity (Wildman–Crippen MR) is 80.0 cm³/mol. The number of hydrogen-bond acceptors (Lipinski definition) is 5. The maximum absolute atomic E-state index is 8.75. The Bertz CT molecular complexity index is 697. The van der Waals surface area contributed by atoms with E-state index < -0.39 is 0 Å². The van der Waals surface area contributed by atoms with Crippen molar-refractivity contribution in [3.63, 3.8) is 0 Å². The van der Waals surface area contributed by atoms with E-state index in [1.807, 2.05) is 36.4 Å². The minimum atomic E-state index is 0.145. The van der Waals surface area contributed by atoms with Crippen molar-refractivity contribution in [2.45, 2.75) is 6.42 Å². The Labute approximate surface area is 120 Å². The lowest BCUT2D eigenvalue weighted by molar-refractivity contribution is 0.234. The van der Waals surface area contributed by atoms with Crippen LogP contribution < -0.4 is 4.74 Å². The lowest BCUT2D eigenvalue weighted by atomic mass is 10.3. The van der Waals surface area contributed by atoms with Gasteiger partial charge in [0, 0.05) is 19.2 Å². The number of thiazole rings is 1. The fourth-order valence-electron chi connectivity index (χ4n) is 1.85. The van der Waals surface area contributed by atoms with Crippen molar-refractivity contribution in [2.75, 3.05) is 13.2 Å². The van der Waals surface area contributed by atoms with Crippen LogP contribution >= 0.6 is 11.3 Å². The second kappa shape index (κ2) is 5.98. The van der Waals surface area contributed by atoms with Gasteiger partial charge in [0.25, 0.3) is 0 Å². The van der Waals surface area contributed by atoms with Crippen LogP contribution in [0, 0.1) is 0 Å². The molecule has 0 saturated carbocycles. The molecule has 0 aliphatic rings. The summed E-state index contributed by atoms with van der Waals surface area (Å²) in [5.74, 6) is 0.808. The fourth-order valence-corrected chi connectivity index (χ4v) is 2.82. The van der Waals surface area contributed by atoms with Gasteiger partial charge in [-0.25, -0.2) is 4.98 Å². The molecule has 5 heteroatoms. The average molecular weight is 286 g/mol. The predicted octanol–water partition coefficient (Wildman–Crippen LogP) is 3.12. The zero-order valence-electron chi connectivity index (χ0n) is 10.8. The van der Waals surface area contributed by atoms with Crippen LogP contribution in [0.1, 0.15) is 6.42 Å². The van der Waals surface area contributed by atoms with Gasteiger partial charge in [0.15, 0.2) is 0 Å². The van der Waals surface area contributed by atoms with Crippen LogP contribution in [-0.2, 0) is 0 Å². The van der Waals surface area contributed by atoms with Crippen LogP contribution in [0.25, 0.3) is 20.9 Å². The van der Waals surface area contributed by atoms with Crippen LogP contribution in [0.15, 0.2) is 42.6 Å². The first-order chi connectivity index (χ1) is 9.86. The Morgan fingerprint density at radius 2 is 2.15 bits per heavy atom. The molecule has 0 atom stereocenters. The Morgan fingerprint density at radius 3 is 2.95 bits per heavy atom. The third-order valence-corrected chi connectivity index (χ3v) is 3.86. The zero-order valence-corrected chi connectivity index (χ0v) is 11.6. The quantitative estimate of drug-likeness (QED) is 0.732. The lowest BCUT2D eigenvalue weighted by Gasteiger charge is -2.03. The van der Waals surface area contributed by atoms with Gasteiger partial charge in [-0.2, -0.15) is 0 Å². The number of benzene rings is 1. The summed E-state index contributed by atoms with van der Waals surface area (Å²) in [4.78, 5) is 8.90. The summed E-state index contributed by atoms with van der Waals surface area (Å²) in [6.45, 7) is 0.667. The third-order valence-electron chi connectivity index (χ3n) is 2.82. The molecule has 20 heavy (non-hydrogen) atoms. The van der Waals surface area contributed by atoms with E-state index in [1.165, 1.54) is 0 Å². The maximum atomic E-state index is 8.75. The third kappa shape index (κ3) is 2.79. The number of nitrogens with zero attached hydrogens (tertiary/aromatic N) is 2. The normalized spacial score (nSPS) is 10.8. The number of rotatable bonds is 5. The molecule has 1 aromatic carbocycles. The first-order valence-corrected chi connectivity index (χ1v) is 7.24. The Hall–Kier alpha value is -1.98. The van der Waals surface area contributed by atoms with E-state index in [1.54, 1.807) is 17.5 Å². The molecular weight excluding hydrogens is 272 g/mol. The molecule has 3 aromatic rings. The molecule has 2 heterocycles. The van der Waals surface area contributed by atoms with E-state index in [2.05, 4.69) is 9.97 Å². The molecule has 0 aliphatic heterocycles. The molecule has 0 radical (unpaired) electrons. The van der Waals surface area contributed by atoms with Gasteiger partial charge in [-0.1, -0.05) is 6.07 Å². The SMILES string of the molecule is OCCCOc1ccc2nc(-c3ccccn3)sc2c1. The summed E-state index contributed by atoms with van der Waals surface area (Å²) in [5.41, 5.74) is 1.83. The Kier molecular flexibility index (Phi) is 3.90. The van der Waals surface area contributed by atoms with Crippen molar-refractivity contribution in [1.29, 1.82) is 0 Å². The van der Waals surface area contributed by atoms with Crippen LogP contribution in [0.5, 0.6) is 5.75 Å². The maximum Gasteiger partial charge on any atom is 0.143 e. The number of ether oxygens (including phenoxy) is 1. The van der Waals surface area contributed by atoms with Gasteiger partial charge in [-0.15, -0.1) is 11.3 Å². The van der Waals surface area contributed by atoms with Gasteiger partial charge < -0.3 is 9.84 Å². The fraction of sp³-hybridized carbons (Fsp3) is 0.200. The highest BCUT2D eigenvalue weighted by Gasteiger charge is 2.07. The largest absolute Gasteiger partial charge is 0.493 e. The topological polar surface area (TPSA) is 55.2 Å². The molecule has 0 spiro atoms. The van der Waals surface area contributed by atoms with Gasteiger partial charge in [0.05, 0.1) is 22.5 Å². The minimum Gasteiger partial charge on any atom is -0.493 e. The van der Waals surface area contributed by atoms with E-state index >= 15 is 0 Å². The Balaban J connectivity index is 1.88. The number of pyridine rings is 1. The number of hydrogen-bond donors (Lipinski definition) is 1. The molecule has 2 aromatic heterocycles. The van der Waals surface area contributed by atoms with Crippen LogP contribution in [0.3, 0.4) is 0 Å². The molecule has 0 bridgehead atoms. The number of aliphatic hydroxyl groups is 1. The highest BCUT2D eigenvalue weighted by molar-refractivity contribution is 7.21. The number of fused-ring (bicyclic) bond motifs is 1. The van der Waals surface area contributed by atoms with Gasteiger partial charge in [-0.05, 0) is 30.3 Å². The van der Waals surface area contributed by atoms with E-state index in [0.29, 0.717) is 13.0 Å². The molecule has 1 N–H and O–H groups in total. The van der Waals surface area contributed by atoms with Crippen molar-refractivity contribution in [3.05, 3.63) is 42.6 Å². The van der Waals surface area contributed by atoms with Gasteiger partial charge in [0.1, 0.15) is 10.8 Å². The first-order valence-electron chi connectivity index (χ1n) is 6.42. The van der Waals surface area contributed by atoms with E-state index in [9.17, 15) is 0 Å². The van der Waals surface area contributed by atoms with E-state index in [-0.39, 0.29) is 6.61 Å². The summed E-state index contributed by atoms with van der Waals surface area (Å²) < 4.78 is 6.65. The molecular formula is C15H14N2O2S. The zero-order chi connectivity index (χ0) is 13.8. The molecule has 0 fully saturated rings. The summed E-state index contributed by atoms with van der Waals surface area (Å²) >= 11 is 1.60. The van der Waals surface area contributed by atoms with Crippen molar-refractivity contribution in [3.8, 4) is 16.5 Å². The van der Waals surface area contributed by atoms with Gasteiger partial charge in [0.2, 0.25) is 0 Å². The molecule has 0 aliphatic carbocycles. The van der Waals surface area contributed by atoms with Crippen molar-refractivity contribution in [1.82, 2.24) is 9.97 Å². The highest BCUT2D eigenvalue weighted by Crippen LogP contribution is 2.31. The summed E-state index contributed by atoms with van der Waals surface area (Å²) in [7, 11) is 0.